The summed E-state index contributed by atoms with van der Waals surface area (Å²) in [7, 11) is -2.53. The van der Waals surface area contributed by atoms with Gasteiger partial charge < -0.3 is 9.47 Å². The van der Waals surface area contributed by atoms with Gasteiger partial charge in [-0.1, -0.05) is 43.5 Å². The summed E-state index contributed by atoms with van der Waals surface area (Å²) in [6, 6.07) is 9.25. The van der Waals surface area contributed by atoms with Gasteiger partial charge in [-0.2, -0.15) is 0 Å². The number of hydrogen-bond acceptors (Lipinski definition) is 5. The fourth-order valence-corrected chi connectivity index (χ4v) is 6.99. The molecule has 0 bridgehead atoms. The molecule has 0 amide bonds. The first kappa shape index (κ1) is 27.1. The van der Waals surface area contributed by atoms with Crippen LogP contribution < -0.4 is 9.47 Å². The Balaban J connectivity index is 2.10. The molecule has 35 heavy (non-hydrogen) atoms. The average molecular weight is 498 g/mol. The first-order valence-corrected chi connectivity index (χ1v) is 13.8. The fraction of sp³-hybridized carbons (Fsp3) is 0.517. The third kappa shape index (κ3) is 5.21. The number of ether oxygens (including phenoxy) is 2. The molecule has 1 fully saturated rings. The number of aryl methyl sites for hydroxylation is 2. The Hall–Kier alpha value is -2.52. The summed E-state index contributed by atoms with van der Waals surface area (Å²) in [5, 5.41) is -1.26. The summed E-state index contributed by atoms with van der Waals surface area (Å²) >= 11 is 0. The van der Waals surface area contributed by atoms with Crippen molar-refractivity contribution in [2.75, 3.05) is 13.2 Å². The molecule has 0 N–H and O–H groups in total. The zero-order chi connectivity index (χ0) is 26.0. The largest absolute Gasteiger partial charge is 0.493 e. The SMILES string of the molecule is CCOc1cccc(OCC)c1C(=O)C1([P+](=O)C(=O)c2c(C)cc(C(C)(C)C)cc2C)CCCC1. The summed E-state index contributed by atoms with van der Waals surface area (Å²) in [6.07, 6.45) is 2.33. The molecule has 2 aromatic carbocycles. The van der Waals surface area contributed by atoms with Crippen molar-refractivity contribution in [1.82, 2.24) is 0 Å². The lowest BCUT2D eigenvalue weighted by Gasteiger charge is -2.22. The Bertz CT molecular complexity index is 1090. The van der Waals surface area contributed by atoms with Crippen LogP contribution in [0.2, 0.25) is 0 Å². The van der Waals surface area contributed by atoms with Gasteiger partial charge in [0.15, 0.2) is 0 Å². The van der Waals surface area contributed by atoms with E-state index in [1.165, 1.54) is 0 Å². The second-order valence-corrected chi connectivity index (χ2v) is 12.2. The Morgan fingerprint density at radius 2 is 1.40 bits per heavy atom. The van der Waals surface area contributed by atoms with E-state index in [2.05, 4.69) is 20.8 Å². The van der Waals surface area contributed by atoms with Crippen LogP contribution in [0.1, 0.15) is 97.7 Å². The van der Waals surface area contributed by atoms with E-state index in [9.17, 15) is 14.2 Å². The van der Waals surface area contributed by atoms with Crippen molar-refractivity contribution in [3.05, 3.63) is 58.1 Å². The van der Waals surface area contributed by atoms with Crippen LogP contribution in [0.15, 0.2) is 30.3 Å². The highest BCUT2D eigenvalue weighted by molar-refractivity contribution is 7.67. The van der Waals surface area contributed by atoms with Gasteiger partial charge in [0.1, 0.15) is 17.1 Å². The minimum atomic E-state index is -2.53. The Morgan fingerprint density at radius 1 is 0.914 bits per heavy atom. The summed E-state index contributed by atoms with van der Waals surface area (Å²) in [6.45, 7) is 14.6. The Labute approximate surface area is 210 Å². The van der Waals surface area contributed by atoms with Gasteiger partial charge in [0.25, 0.3) is 0 Å². The molecule has 0 aliphatic heterocycles. The van der Waals surface area contributed by atoms with Crippen LogP contribution in [0.25, 0.3) is 0 Å². The molecule has 5 nitrogen and oxygen atoms in total. The normalized spacial score (nSPS) is 15.6. The number of Topliss-reactive ketones (excluding diaryl/α,β-unsaturated/α-hetero) is 1. The topological polar surface area (TPSA) is 69.7 Å². The van der Waals surface area contributed by atoms with E-state index in [-0.39, 0.29) is 11.2 Å². The van der Waals surface area contributed by atoms with E-state index in [0.29, 0.717) is 48.7 Å². The van der Waals surface area contributed by atoms with Crippen molar-refractivity contribution < 1.29 is 23.6 Å². The second-order valence-electron chi connectivity index (χ2n) is 10.4. The smallest absolute Gasteiger partial charge is 0.434 e. The van der Waals surface area contributed by atoms with Gasteiger partial charge in [0, 0.05) is 12.8 Å². The zero-order valence-corrected chi connectivity index (χ0v) is 23.0. The Morgan fingerprint density at radius 3 is 1.83 bits per heavy atom. The molecule has 0 saturated heterocycles. The van der Waals surface area contributed by atoms with Crippen LogP contribution in [0.4, 0.5) is 0 Å². The number of rotatable bonds is 9. The number of benzene rings is 2. The van der Waals surface area contributed by atoms with Crippen molar-refractivity contribution >= 4 is 19.1 Å². The van der Waals surface area contributed by atoms with Crippen molar-refractivity contribution in [3.8, 4) is 11.5 Å². The van der Waals surface area contributed by atoms with E-state index < -0.39 is 18.5 Å². The summed E-state index contributed by atoms with van der Waals surface area (Å²) in [5.41, 5.74) is 2.99. The monoisotopic (exact) mass is 497 g/mol. The van der Waals surface area contributed by atoms with Crippen LogP contribution in [-0.2, 0) is 9.98 Å². The number of ketones is 1. The average Bonchev–Trinajstić information content (AvgIpc) is 3.29. The molecule has 0 heterocycles. The molecular formula is C29H38O5P+. The van der Waals surface area contributed by atoms with Gasteiger partial charge in [-0.05, 0) is 74.8 Å². The van der Waals surface area contributed by atoms with Crippen LogP contribution in [0.5, 0.6) is 11.5 Å². The maximum Gasteiger partial charge on any atom is 0.434 e. The van der Waals surface area contributed by atoms with E-state index in [1.54, 1.807) is 18.2 Å². The molecule has 1 aliphatic carbocycles. The third-order valence-electron chi connectivity index (χ3n) is 6.85. The molecule has 1 aliphatic rings. The van der Waals surface area contributed by atoms with E-state index in [4.69, 9.17) is 9.47 Å². The van der Waals surface area contributed by atoms with Crippen LogP contribution in [-0.4, -0.2) is 29.7 Å². The standard InChI is InChI=1S/C29H38O5P/c1-8-33-22-13-12-14-23(34-9-2)25(22)26(30)29(15-10-11-16-29)35(32)27(31)24-19(3)17-21(18-20(24)4)28(5,6)7/h12-14,17-18H,8-11,15-16H2,1-7H3/q+1. The Kier molecular flexibility index (Phi) is 8.21. The van der Waals surface area contributed by atoms with Crippen LogP contribution >= 0.6 is 7.80 Å². The van der Waals surface area contributed by atoms with Gasteiger partial charge in [-0.15, -0.1) is 0 Å². The highest BCUT2D eigenvalue weighted by Crippen LogP contribution is 2.55. The molecule has 0 spiro atoms. The first-order chi connectivity index (χ1) is 16.5. The minimum absolute atomic E-state index is 0.0688. The zero-order valence-electron chi connectivity index (χ0n) is 22.1. The lowest BCUT2D eigenvalue weighted by molar-refractivity contribution is 0.0923. The maximum absolute atomic E-state index is 14.2. The van der Waals surface area contributed by atoms with Crippen molar-refractivity contribution in [2.24, 2.45) is 0 Å². The lowest BCUT2D eigenvalue weighted by Crippen LogP contribution is -2.34. The molecule has 1 saturated carbocycles. The molecule has 2 aromatic rings. The van der Waals surface area contributed by atoms with E-state index in [1.807, 2.05) is 39.8 Å². The van der Waals surface area contributed by atoms with E-state index in [0.717, 1.165) is 29.5 Å². The summed E-state index contributed by atoms with van der Waals surface area (Å²) in [4.78, 5) is 28.0. The van der Waals surface area contributed by atoms with Crippen LogP contribution in [0, 0.1) is 13.8 Å². The van der Waals surface area contributed by atoms with Crippen molar-refractivity contribution in [1.29, 1.82) is 0 Å². The molecule has 3 rings (SSSR count). The van der Waals surface area contributed by atoms with Gasteiger partial charge in [0.05, 0.1) is 18.8 Å². The predicted molar refractivity (Wildman–Crippen MR) is 141 cm³/mol. The molecule has 0 aromatic heterocycles. The first-order valence-electron chi connectivity index (χ1n) is 12.5. The number of hydrogen-bond donors (Lipinski definition) is 0. The maximum atomic E-state index is 14.2. The minimum Gasteiger partial charge on any atom is -0.493 e. The summed E-state index contributed by atoms with van der Waals surface area (Å²) < 4.78 is 25.7. The molecule has 1 unspecified atom stereocenters. The number of carbonyl (C=O) groups is 2. The van der Waals surface area contributed by atoms with Crippen molar-refractivity contribution in [3.63, 3.8) is 0 Å². The quantitative estimate of drug-likeness (QED) is 0.264. The molecule has 188 valence electrons. The van der Waals surface area contributed by atoms with Crippen LogP contribution in [0.3, 0.4) is 0 Å². The lowest BCUT2D eigenvalue weighted by atomic mass is 9.84. The fourth-order valence-electron chi connectivity index (χ4n) is 5.03. The third-order valence-corrected chi connectivity index (χ3v) is 8.87. The van der Waals surface area contributed by atoms with E-state index >= 15 is 0 Å². The number of carbonyl (C=O) groups excluding carboxylic acids is 2. The van der Waals surface area contributed by atoms with Gasteiger partial charge in [0.2, 0.25) is 10.9 Å². The van der Waals surface area contributed by atoms with Gasteiger partial charge >= 0.3 is 13.3 Å². The highest BCUT2D eigenvalue weighted by atomic mass is 31.1. The molecule has 6 heteroatoms. The highest BCUT2D eigenvalue weighted by Gasteiger charge is 2.62. The molecule has 0 radical (unpaired) electrons. The van der Waals surface area contributed by atoms with Crippen molar-refractivity contribution in [2.45, 2.75) is 84.7 Å². The van der Waals surface area contributed by atoms with Gasteiger partial charge in [-0.25, -0.2) is 4.79 Å². The second kappa shape index (κ2) is 10.6. The molecule has 1 atom stereocenters. The predicted octanol–water partition coefficient (Wildman–Crippen LogP) is 7.56. The van der Waals surface area contributed by atoms with Gasteiger partial charge in [-0.3, -0.25) is 4.79 Å². The summed E-state index contributed by atoms with van der Waals surface area (Å²) in [5.74, 6) is 0.513. The molecular weight excluding hydrogens is 459 g/mol.